The maximum atomic E-state index is 13.7. The number of Topliss-reactive ketones (excluding diaryl/α,β-unsaturated/α-hetero) is 1. The SMILES string of the molecule is C=CCOc1ccc(C2C(=C(O)c3c(C)nc4ccccn34)C(=O)C(=O)N2c2nc3c(C)cc(C)cc3s2)cc1. The van der Waals surface area contributed by atoms with Crippen molar-refractivity contribution in [3.8, 4) is 5.75 Å². The molecule has 0 saturated carbocycles. The van der Waals surface area contributed by atoms with Gasteiger partial charge in [-0.2, -0.15) is 0 Å². The van der Waals surface area contributed by atoms with Crippen molar-refractivity contribution in [2.75, 3.05) is 11.5 Å². The monoisotopic (exact) mass is 550 g/mol. The summed E-state index contributed by atoms with van der Waals surface area (Å²) in [6.07, 6.45) is 3.41. The van der Waals surface area contributed by atoms with Crippen molar-refractivity contribution in [2.45, 2.75) is 26.8 Å². The van der Waals surface area contributed by atoms with Crippen molar-refractivity contribution >= 4 is 49.8 Å². The number of hydrogen-bond donors (Lipinski definition) is 1. The largest absolute Gasteiger partial charge is 0.505 e. The Morgan fingerprint density at radius 2 is 1.88 bits per heavy atom. The lowest BCUT2D eigenvalue weighted by Crippen LogP contribution is -2.29. The van der Waals surface area contributed by atoms with Crippen molar-refractivity contribution in [1.29, 1.82) is 0 Å². The molecule has 6 rings (SSSR count). The molecule has 40 heavy (non-hydrogen) atoms. The van der Waals surface area contributed by atoms with Gasteiger partial charge in [0.1, 0.15) is 23.7 Å². The van der Waals surface area contributed by atoms with Crippen LogP contribution in [0.3, 0.4) is 0 Å². The highest BCUT2D eigenvalue weighted by Crippen LogP contribution is 2.45. The van der Waals surface area contributed by atoms with E-state index in [-0.39, 0.29) is 11.3 Å². The molecule has 3 aromatic heterocycles. The molecular weight excluding hydrogens is 524 g/mol. The molecule has 0 aliphatic carbocycles. The number of rotatable bonds is 6. The van der Waals surface area contributed by atoms with E-state index in [9.17, 15) is 14.7 Å². The van der Waals surface area contributed by atoms with E-state index >= 15 is 0 Å². The predicted octanol–water partition coefficient (Wildman–Crippen LogP) is 6.06. The van der Waals surface area contributed by atoms with E-state index in [1.165, 1.54) is 16.2 Å². The number of thiazole rings is 1. The standard InChI is InChI=1S/C31H26N4O4S/c1-5-14-39-21-11-9-20(10-12-21)27-24(28(36)26-19(4)32-23-8-6-7-13-34(23)26)29(37)30(38)35(27)31-33-25-18(3)15-17(2)16-22(25)40-31/h5-13,15-16,27,36H,1,14H2,2-4H3. The predicted molar refractivity (Wildman–Crippen MR) is 156 cm³/mol. The van der Waals surface area contributed by atoms with E-state index in [0.717, 1.165) is 21.3 Å². The fourth-order valence-corrected chi connectivity index (χ4v) is 6.40. The second kappa shape index (κ2) is 9.77. The molecule has 1 N–H and O–H groups in total. The summed E-state index contributed by atoms with van der Waals surface area (Å²) < 4.78 is 8.27. The molecular formula is C31H26N4O4S. The Hall–Kier alpha value is -4.76. The van der Waals surface area contributed by atoms with Gasteiger partial charge in [0.05, 0.1) is 27.5 Å². The number of fused-ring (bicyclic) bond motifs is 2. The highest BCUT2D eigenvalue weighted by Gasteiger charge is 2.48. The first-order valence-electron chi connectivity index (χ1n) is 12.7. The maximum absolute atomic E-state index is 13.7. The Labute approximate surface area is 234 Å². The van der Waals surface area contributed by atoms with E-state index in [1.807, 2.05) is 44.2 Å². The lowest BCUT2D eigenvalue weighted by molar-refractivity contribution is -0.132. The first kappa shape index (κ1) is 25.5. The van der Waals surface area contributed by atoms with E-state index in [4.69, 9.17) is 9.72 Å². The lowest BCUT2D eigenvalue weighted by atomic mass is 9.96. The maximum Gasteiger partial charge on any atom is 0.301 e. The number of hydrogen-bond acceptors (Lipinski definition) is 7. The van der Waals surface area contributed by atoms with Crippen LogP contribution in [-0.2, 0) is 9.59 Å². The molecule has 1 fully saturated rings. The number of benzene rings is 2. The Morgan fingerprint density at radius 1 is 1.10 bits per heavy atom. The Balaban J connectivity index is 1.57. The Kier molecular flexibility index (Phi) is 6.23. The summed E-state index contributed by atoms with van der Waals surface area (Å²) in [4.78, 5) is 38.1. The average molecular weight is 551 g/mol. The number of pyridine rings is 1. The summed E-state index contributed by atoms with van der Waals surface area (Å²) in [6, 6.07) is 15.7. The van der Waals surface area contributed by atoms with Gasteiger partial charge in [0.2, 0.25) is 0 Å². The molecule has 200 valence electrons. The number of aryl methyl sites for hydroxylation is 3. The third kappa shape index (κ3) is 4.06. The second-order valence-electron chi connectivity index (χ2n) is 9.74. The first-order valence-corrected chi connectivity index (χ1v) is 13.6. The molecule has 5 aromatic rings. The van der Waals surface area contributed by atoms with E-state index in [2.05, 4.69) is 11.6 Å². The van der Waals surface area contributed by atoms with Gasteiger partial charge in [0.25, 0.3) is 5.78 Å². The minimum atomic E-state index is -0.913. The van der Waals surface area contributed by atoms with Gasteiger partial charge in [0, 0.05) is 6.20 Å². The van der Waals surface area contributed by atoms with Crippen molar-refractivity contribution < 1.29 is 19.4 Å². The molecule has 1 unspecified atom stereocenters. The van der Waals surface area contributed by atoms with Crippen molar-refractivity contribution in [2.24, 2.45) is 0 Å². The molecule has 1 amide bonds. The van der Waals surface area contributed by atoms with Gasteiger partial charge in [-0.25, -0.2) is 9.97 Å². The van der Waals surface area contributed by atoms with E-state index in [1.54, 1.807) is 47.9 Å². The molecule has 1 aliphatic rings. The van der Waals surface area contributed by atoms with E-state index in [0.29, 0.717) is 40.1 Å². The van der Waals surface area contributed by atoms with Crippen LogP contribution in [0.2, 0.25) is 0 Å². The fourth-order valence-electron chi connectivity index (χ4n) is 5.24. The number of aliphatic hydroxyl groups is 1. The van der Waals surface area contributed by atoms with Crippen molar-refractivity contribution in [3.63, 3.8) is 0 Å². The topological polar surface area (TPSA) is 97.0 Å². The van der Waals surface area contributed by atoms with Crippen LogP contribution in [0, 0.1) is 20.8 Å². The molecule has 1 atom stereocenters. The van der Waals surface area contributed by atoms with Crippen LogP contribution >= 0.6 is 11.3 Å². The third-order valence-electron chi connectivity index (χ3n) is 6.96. The van der Waals surface area contributed by atoms with Gasteiger partial charge in [-0.1, -0.05) is 48.3 Å². The summed E-state index contributed by atoms with van der Waals surface area (Å²) in [5, 5.41) is 12.1. The zero-order chi connectivity index (χ0) is 28.1. The van der Waals surface area contributed by atoms with Crippen LogP contribution in [0.15, 0.2) is 79.0 Å². The summed E-state index contributed by atoms with van der Waals surface area (Å²) in [5.74, 6) is -1.21. The molecule has 1 saturated heterocycles. The van der Waals surface area contributed by atoms with Gasteiger partial charge in [-0.05, 0) is 67.8 Å². The average Bonchev–Trinajstić information content (AvgIpc) is 3.58. The van der Waals surface area contributed by atoms with Crippen LogP contribution in [0.4, 0.5) is 5.13 Å². The molecule has 0 spiro atoms. The highest BCUT2D eigenvalue weighted by molar-refractivity contribution is 7.22. The summed E-state index contributed by atoms with van der Waals surface area (Å²) in [6.45, 7) is 9.76. The van der Waals surface area contributed by atoms with Gasteiger partial charge < -0.3 is 9.84 Å². The summed E-state index contributed by atoms with van der Waals surface area (Å²) in [5.41, 5.74) is 4.96. The third-order valence-corrected chi connectivity index (χ3v) is 7.96. The van der Waals surface area contributed by atoms with Crippen molar-refractivity contribution in [3.05, 3.63) is 107 Å². The number of ether oxygens (including phenoxy) is 1. The minimum absolute atomic E-state index is 0.0225. The summed E-state index contributed by atoms with van der Waals surface area (Å²) in [7, 11) is 0. The smallest absolute Gasteiger partial charge is 0.301 e. The molecule has 9 heteroatoms. The van der Waals surface area contributed by atoms with Crippen LogP contribution in [0.5, 0.6) is 5.75 Å². The Bertz CT molecular complexity index is 1870. The van der Waals surface area contributed by atoms with Crippen LogP contribution in [-0.4, -0.2) is 37.8 Å². The highest BCUT2D eigenvalue weighted by atomic mass is 32.1. The molecule has 2 aromatic carbocycles. The zero-order valence-electron chi connectivity index (χ0n) is 22.2. The van der Waals surface area contributed by atoms with Gasteiger partial charge in [-0.3, -0.25) is 18.9 Å². The van der Waals surface area contributed by atoms with E-state index < -0.39 is 17.7 Å². The lowest BCUT2D eigenvalue weighted by Gasteiger charge is -2.23. The van der Waals surface area contributed by atoms with Gasteiger partial charge in [0.15, 0.2) is 10.9 Å². The number of anilines is 1. The first-order chi connectivity index (χ1) is 19.3. The normalized spacial score (nSPS) is 16.8. The van der Waals surface area contributed by atoms with Crippen molar-refractivity contribution in [1.82, 2.24) is 14.4 Å². The number of ketones is 1. The molecule has 8 nitrogen and oxygen atoms in total. The molecule has 0 bridgehead atoms. The summed E-state index contributed by atoms with van der Waals surface area (Å²) >= 11 is 1.34. The zero-order valence-corrected chi connectivity index (χ0v) is 23.0. The Morgan fingerprint density at radius 3 is 2.62 bits per heavy atom. The van der Waals surface area contributed by atoms with Crippen LogP contribution in [0.1, 0.15) is 34.1 Å². The second-order valence-corrected chi connectivity index (χ2v) is 10.7. The number of aliphatic hydroxyl groups excluding tert-OH is 1. The fraction of sp³-hybridized carbons (Fsp3) is 0.161. The number of imidazole rings is 1. The number of carbonyl (C=O) groups excluding carboxylic acids is 2. The molecule has 4 heterocycles. The minimum Gasteiger partial charge on any atom is -0.505 e. The number of amides is 1. The molecule has 1 aliphatic heterocycles. The van der Waals surface area contributed by atoms with Crippen LogP contribution < -0.4 is 9.64 Å². The number of aromatic nitrogens is 3. The molecule has 0 radical (unpaired) electrons. The van der Waals surface area contributed by atoms with Gasteiger partial charge in [-0.15, -0.1) is 0 Å². The number of carbonyl (C=O) groups is 2. The quantitative estimate of drug-likeness (QED) is 0.119. The number of nitrogens with zero attached hydrogens (tertiary/aromatic N) is 4. The van der Waals surface area contributed by atoms with Gasteiger partial charge >= 0.3 is 5.91 Å². The van der Waals surface area contributed by atoms with Crippen LogP contribution in [0.25, 0.3) is 21.6 Å².